The molecule has 2 aromatic heterocycles. The molecule has 1 amide bonds. The zero-order chi connectivity index (χ0) is 20.2. The number of hydrogen-bond donors (Lipinski definition) is 0. The number of hydrogen-bond acceptors (Lipinski definition) is 4. The third kappa shape index (κ3) is 4.32. The third-order valence-electron chi connectivity index (χ3n) is 4.83. The fourth-order valence-corrected chi connectivity index (χ4v) is 3.36. The summed E-state index contributed by atoms with van der Waals surface area (Å²) in [5.41, 5.74) is 4.02. The first-order valence-electron chi connectivity index (χ1n) is 9.68. The van der Waals surface area contributed by atoms with E-state index in [2.05, 4.69) is 27.2 Å². The Labute approximate surface area is 169 Å². The fourth-order valence-electron chi connectivity index (χ4n) is 3.36. The molecule has 0 N–H and O–H groups in total. The molecule has 0 spiro atoms. The van der Waals surface area contributed by atoms with E-state index in [9.17, 15) is 4.79 Å². The molecule has 6 nitrogen and oxygen atoms in total. The summed E-state index contributed by atoms with van der Waals surface area (Å²) in [6, 6.07) is 22.1. The largest absolute Gasteiger partial charge is 0.331 e. The molecule has 4 aromatic rings. The molecule has 0 unspecified atom stereocenters. The van der Waals surface area contributed by atoms with Crippen LogP contribution in [0.2, 0.25) is 0 Å². The summed E-state index contributed by atoms with van der Waals surface area (Å²) in [5, 5.41) is 4.42. The summed E-state index contributed by atoms with van der Waals surface area (Å²) >= 11 is 0. The first-order valence-corrected chi connectivity index (χ1v) is 9.68. The van der Waals surface area contributed by atoms with Gasteiger partial charge in [0.1, 0.15) is 0 Å². The number of carbonyl (C=O) groups is 1. The zero-order valence-corrected chi connectivity index (χ0v) is 16.6. The summed E-state index contributed by atoms with van der Waals surface area (Å²) in [6.45, 7) is 4.93. The highest BCUT2D eigenvalue weighted by molar-refractivity contribution is 5.90. The lowest BCUT2D eigenvalue weighted by Gasteiger charge is -2.21. The summed E-state index contributed by atoms with van der Waals surface area (Å²) in [4.78, 5) is 23.9. The van der Waals surface area contributed by atoms with Crippen molar-refractivity contribution in [3.63, 3.8) is 0 Å². The number of amides is 1. The van der Waals surface area contributed by atoms with Gasteiger partial charge in [-0.15, -0.1) is 5.10 Å². The molecule has 146 valence electrons. The number of fused-ring (bicyclic) bond motifs is 1. The summed E-state index contributed by atoms with van der Waals surface area (Å²) in [6.07, 6.45) is 0.767. The van der Waals surface area contributed by atoms with Crippen LogP contribution in [0.25, 0.3) is 5.78 Å². The highest BCUT2D eigenvalue weighted by Crippen LogP contribution is 2.12. The van der Waals surface area contributed by atoms with Crippen LogP contribution in [0.1, 0.15) is 33.1 Å². The van der Waals surface area contributed by atoms with E-state index in [1.54, 1.807) is 9.42 Å². The van der Waals surface area contributed by atoms with E-state index in [0.29, 0.717) is 18.9 Å². The Morgan fingerprint density at radius 2 is 1.59 bits per heavy atom. The molecule has 0 bridgehead atoms. The SMILES string of the molecule is Cc1cc(C)n2nc(C(=O)N(CCc3ccccc3)Cc3ccccc3)nc2n1. The summed E-state index contributed by atoms with van der Waals surface area (Å²) in [7, 11) is 0. The van der Waals surface area contributed by atoms with Gasteiger partial charge in [0.2, 0.25) is 5.82 Å². The van der Waals surface area contributed by atoms with E-state index in [1.807, 2.05) is 68.4 Å². The molecular formula is C23H23N5O. The van der Waals surface area contributed by atoms with Gasteiger partial charge >= 0.3 is 0 Å². The van der Waals surface area contributed by atoms with E-state index in [4.69, 9.17) is 0 Å². The Morgan fingerprint density at radius 1 is 0.931 bits per heavy atom. The van der Waals surface area contributed by atoms with Crippen LogP contribution >= 0.6 is 0 Å². The molecule has 0 fully saturated rings. The summed E-state index contributed by atoms with van der Waals surface area (Å²) < 4.78 is 1.62. The van der Waals surface area contributed by atoms with Crippen LogP contribution in [-0.2, 0) is 13.0 Å². The first-order chi connectivity index (χ1) is 14.1. The van der Waals surface area contributed by atoms with Crippen molar-refractivity contribution in [3.8, 4) is 0 Å². The van der Waals surface area contributed by atoms with E-state index in [-0.39, 0.29) is 11.7 Å². The van der Waals surface area contributed by atoms with Gasteiger partial charge in [0.15, 0.2) is 0 Å². The predicted octanol–water partition coefficient (Wildman–Crippen LogP) is 3.63. The average Bonchev–Trinajstić information content (AvgIpc) is 3.16. The van der Waals surface area contributed by atoms with Crippen molar-refractivity contribution in [2.75, 3.05) is 6.54 Å². The molecule has 2 aromatic carbocycles. The van der Waals surface area contributed by atoms with Crippen molar-refractivity contribution in [1.29, 1.82) is 0 Å². The molecule has 0 aliphatic heterocycles. The molecule has 4 rings (SSSR count). The van der Waals surface area contributed by atoms with Crippen LogP contribution < -0.4 is 0 Å². The van der Waals surface area contributed by atoms with E-state index in [1.165, 1.54) is 5.56 Å². The van der Waals surface area contributed by atoms with Crippen LogP contribution in [0.5, 0.6) is 0 Å². The van der Waals surface area contributed by atoms with E-state index < -0.39 is 0 Å². The monoisotopic (exact) mass is 385 g/mol. The van der Waals surface area contributed by atoms with Crippen molar-refractivity contribution >= 4 is 11.7 Å². The number of rotatable bonds is 6. The number of nitrogens with zero attached hydrogens (tertiary/aromatic N) is 5. The molecule has 0 aliphatic rings. The molecule has 0 atom stereocenters. The quantitative estimate of drug-likeness (QED) is 0.508. The van der Waals surface area contributed by atoms with Gasteiger partial charge in [0, 0.05) is 24.5 Å². The van der Waals surface area contributed by atoms with Crippen LogP contribution in [0, 0.1) is 13.8 Å². The lowest BCUT2D eigenvalue weighted by molar-refractivity contribution is 0.0733. The fraction of sp³-hybridized carbons (Fsp3) is 0.217. The van der Waals surface area contributed by atoms with Crippen LogP contribution in [0.3, 0.4) is 0 Å². The van der Waals surface area contributed by atoms with Gasteiger partial charge in [-0.25, -0.2) is 9.50 Å². The highest BCUT2D eigenvalue weighted by atomic mass is 16.2. The maximum Gasteiger partial charge on any atom is 0.293 e. The second-order valence-corrected chi connectivity index (χ2v) is 7.13. The average molecular weight is 385 g/mol. The molecule has 0 aliphatic carbocycles. The Bertz CT molecular complexity index is 1120. The smallest absolute Gasteiger partial charge is 0.293 e. The molecule has 2 heterocycles. The van der Waals surface area contributed by atoms with Gasteiger partial charge in [0.25, 0.3) is 11.7 Å². The second kappa shape index (κ2) is 8.22. The minimum atomic E-state index is -0.188. The predicted molar refractivity (Wildman–Crippen MR) is 112 cm³/mol. The standard InChI is InChI=1S/C23H23N5O/c1-17-15-18(2)28-23(24-17)25-21(26-28)22(29)27(16-20-11-7-4-8-12-20)14-13-19-9-5-3-6-10-19/h3-12,15H,13-14,16H2,1-2H3. The highest BCUT2D eigenvalue weighted by Gasteiger charge is 2.22. The van der Waals surface area contributed by atoms with Gasteiger partial charge in [-0.3, -0.25) is 4.79 Å². The Balaban J connectivity index is 1.62. The van der Waals surface area contributed by atoms with Gasteiger partial charge in [-0.05, 0) is 37.5 Å². The Kier molecular flexibility index (Phi) is 5.33. The van der Waals surface area contributed by atoms with Crippen molar-refractivity contribution < 1.29 is 4.79 Å². The maximum atomic E-state index is 13.3. The minimum absolute atomic E-state index is 0.176. The number of aromatic nitrogens is 4. The second-order valence-electron chi connectivity index (χ2n) is 7.13. The van der Waals surface area contributed by atoms with E-state index >= 15 is 0 Å². The van der Waals surface area contributed by atoms with Gasteiger partial charge in [-0.1, -0.05) is 60.7 Å². The number of aryl methyl sites for hydroxylation is 2. The Hall–Kier alpha value is -3.54. The molecule has 0 radical (unpaired) electrons. The number of carbonyl (C=O) groups excluding carboxylic acids is 1. The lowest BCUT2D eigenvalue weighted by atomic mass is 10.1. The first kappa shape index (κ1) is 18.8. The molecule has 0 saturated heterocycles. The molecule has 29 heavy (non-hydrogen) atoms. The van der Waals surface area contributed by atoms with Crippen molar-refractivity contribution in [3.05, 3.63) is 95.1 Å². The van der Waals surface area contributed by atoms with Crippen LogP contribution in [0.4, 0.5) is 0 Å². The maximum absolute atomic E-state index is 13.3. The molecule has 0 saturated carbocycles. The zero-order valence-electron chi connectivity index (χ0n) is 16.6. The topological polar surface area (TPSA) is 63.4 Å². The Morgan fingerprint density at radius 3 is 2.28 bits per heavy atom. The normalized spacial score (nSPS) is 11.0. The van der Waals surface area contributed by atoms with Crippen molar-refractivity contribution in [2.24, 2.45) is 0 Å². The summed E-state index contributed by atoms with van der Waals surface area (Å²) in [5.74, 6) is 0.441. The molecular weight excluding hydrogens is 362 g/mol. The van der Waals surface area contributed by atoms with Gasteiger partial charge in [-0.2, -0.15) is 4.98 Å². The third-order valence-corrected chi connectivity index (χ3v) is 4.83. The van der Waals surface area contributed by atoms with Crippen molar-refractivity contribution in [2.45, 2.75) is 26.8 Å². The lowest BCUT2D eigenvalue weighted by Crippen LogP contribution is -2.33. The minimum Gasteiger partial charge on any atom is -0.331 e. The van der Waals surface area contributed by atoms with Gasteiger partial charge in [0.05, 0.1) is 0 Å². The van der Waals surface area contributed by atoms with Crippen molar-refractivity contribution in [1.82, 2.24) is 24.5 Å². The van der Waals surface area contributed by atoms with Gasteiger partial charge < -0.3 is 4.90 Å². The van der Waals surface area contributed by atoms with E-state index in [0.717, 1.165) is 23.4 Å². The van der Waals surface area contributed by atoms with Crippen LogP contribution in [0.15, 0.2) is 66.7 Å². The van der Waals surface area contributed by atoms with Crippen LogP contribution in [-0.4, -0.2) is 36.9 Å². The number of benzene rings is 2. The molecule has 6 heteroatoms.